The molecule has 0 aromatic carbocycles. The molecule has 0 saturated heterocycles. The van der Waals surface area contributed by atoms with E-state index in [4.69, 9.17) is 11.0 Å². The highest BCUT2D eigenvalue weighted by Crippen LogP contribution is 2.40. The van der Waals surface area contributed by atoms with E-state index >= 15 is 0 Å². The predicted octanol–water partition coefficient (Wildman–Crippen LogP) is 2.49. The molecule has 0 atom stereocenters. The van der Waals surface area contributed by atoms with Crippen LogP contribution in [0.4, 0.5) is 27.8 Å². The monoisotopic (exact) mass is 237 g/mol. The van der Waals surface area contributed by atoms with Crippen LogP contribution in [0, 0.1) is 11.3 Å². The van der Waals surface area contributed by atoms with Gasteiger partial charge in [0, 0.05) is 6.20 Å². The minimum atomic E-state index is -5.07. The number of hydrogen-bond acceptors (Lipinski definition) is 3. The number of alkyl halides is 5. The topological polar surface area (TPSA) is 62.7 Å². The Bertz CT molecular complexity index is 446. The molecule has 0 bridgehead atoms. The van der Waals surface area contributed by atoms with Gasteiger partial charge >= 0.3 is 6.18 Å². The van der Waals surface area contributed by atoms with Gasteiger partial charge in [-0.05, 0) is 0 Å². The number of aromatic nitrogens is 1. The zero-order chi connectivity index (χ0) is 12.5. The number of nitrogen functional groups attached to an aromatic ring is 1. The average molecular weight is 237 g/mol. The summed E-state index contributed by atoms with van der Waals surface area (Å²) in [5.41, 5.74) is 0.882. The highest BCUT2D eigenvalue weighted by atomic mass is 19.4. The Hall–Kier alpha value is -1.91. The third kappa shape index (κ3) is 2.03. The lowest BCUT2D eigenvalue weighted by atomic mass is 10.0. The number of nitriles is 1. The number of halogens is 5. The van der Waals surface area contributed by atoms with Crippen LogP contribution in [0.3, 0.4) is 0 Å². The summed E-state index contributed by atoms with van der Waals surface area (Å²) in [7, 11) is 0. The molecule has 3 nitrogen and oxygen atoms in total. The number of nitrogens with zero attached hydrogens (tertiary/aromatic N) is 2. The predicted molar refractivity (Wildman–Crippen MR) is 43.3 cm³/mol. The number of anilines is 1. The molecule has 0 aliphatic rings. The van der Waals surface area contributed by atoms with E-state index < -0.39 is 35.1 Å². The van der Waals surface area contributed by atoms with Crippen molar-refractivity contribution in [3.63, 3.8) is 0 Å². The minimum Gasteiger partial charge on any atom is -0.383 e. The van der Waals surface area contributed by atoms with Crippen molar-refractivity contribution in [2.45, 2.75) is 12.6 Å². The van der Waals surface area contributed by atoms with Crippen LogP contribution >= 0.6 is 0 Å². The summed E-state index contributed by atoms with van der Waals surface area (Å²) in [6, 6.07) is 1.22. The lowest BCUT2D eigenvalue weighted by Gasteiger charge is -2.14. The average Bonchev–Trinajstić information content (AvgIpc) is 2.15. The van der Waals surface area contributed by atoms with Crippen molar-refractivity contribution < 1.29 is 22.0 Å². The summed E-state index contributed by atoms with van der Waals surface area (Å²) in [6.07, 6.45) is -7.93. The first-order chi connectivity index (χ1) is 7.29. The molecule has 8 heteroatoms. The normalized spacial score (nSPS) is 11.6. The van der Waals surface area contributed by atoms with Crippen molar-refractivity contribution in [2.75, 3.05) is 5.73 Å². The molecule has 0 saturated carbocycles. The Balaban J connectivity index is 3.63. The number of nitrogens with two attached hydrogens (primary N) is 1. The van der Waals surface area contributed by atoms with E-state index in [1.54, 1.807) is 0 Å². The van der Waals surface area contributed by atoms with Crippen LogP contribution in [0.5, 0.6) is 0 Å². The molecule has 86 valence electrons. The largest absolute Gasteiger partial charge is 0.420 e. The first-order valence-electron chi connectivity index (χ1n) is 3.82. The highest BCUT2D eigenvalue weighted by molar-refractivity contribution is 5.53. The van der Waals surface area contributed by atoms with Crippen molar-refractivity contribution >= 4 is 5.82 Å². The molecular formula is C8H4F5N3. The number of pyridine rings is 1. The van der Waals surface area contributed by atoms with Crippen molar-refractivity contribution in [1.29, 1.82) is 5.26 Å². The maximum absolute atomic E-state index is 12.5. The second kappa shape index (κ2) is 3.92. The smallest absolute Gasteiger partial charge is 0.383 e. The number of hydrogen-bond donors (Lipinski definition) is 1. The molecule has 0 fully saturated rings. The zero-order valence-corrected chi connectivity index (χ0v) is 7.52. The van der Waals surface area contributed by atoms with Gasteiger partial charge in [0.25, 0.3) is 6.43 Å². The summed E-state index contributed by atoms with van der Waals surface area (Å²) >= 11 is 0. The lowest BCUT2D eigenvalue weighted by molar-refractivity contribution is -0.139. The van der Waals surface area contributed by atoms with Gasteiger partial charge < -0.3 is 5.73 Å². The maximum atomic E-state index is 12.5. The van der Waals surface area contributed by atoms with Crippen LogP contribution in [0.25, 0.3) is 0 Å². The summed E-state index contributed by atoms with van der Waals surface area (Å²) in [4.78, 5) is 3.06. The van der Waals surface area contributed by atoms with Crippen LogP contribution < -0.4 is 5.73 Å². The van der Waals surface area contributed by atoms with Crippen molar-refractivity contribution in [3.8, 4) is 6.07 Å². The molecule has 0 spiro atoms. The zero-order valence-electron chi connectivity index (χ0n) is 7.52. The van der Waals surface area contributed by atoms with Crippen LogP contribution in [0.2, 0.25) is 0 Å². The molecule has 0 amide bonds. The molecule has 0 unspecified atom stereocenters. The standard InChI is InChI=1S/C8H4F5N3/c9-6(10)4-3(1-14)2-16-7(15)5(4)8(11,12)13/h2,6H,(H2,15,16). The Morgan fingerprint density at radius 3 is 2.31 bits per heavy atom. The van der Waals surface area contributed by atoms with Gasteiger partial charge in [-0.1, -0.05) is 0 Å². The molecule has 1 heterocycles. The van der Waals surface area contributed by atoms with E-state index in [1.807, 2.05) is 0 Å². The quantitative estimate of drug-likeness (QED) is 0.763. The van der Waals surface area contributed by atoms with Gasteiger partial charge in [-0.3, -0.25) is 0 Å². The van der Waals surface area contributed by atoms with Crippen LogP contribution in [-0.4, -0.2) is 4.98 Å². The minimum absolute atomic E-state index is 0.589. The molecular weight excluding hydrogens is 233 g/mol. The van der Waals surface area contributed by atoms with E-state index in [0.717, 1.165) is 0 Å². The molecule has 0 aliphatic carbocycles. The van der Waals surface area contributed by atoms with Crippen molar-refractivity contribution in [1.82, 2.24) is 4.98 Å². The summed E-state index contributed by atoms with van der Waals surface area (Å²) in [5, 5.41) is 8.42. The molecule has 0 aliphatic heterocycles. The molecule has 2 N–H and O–H groups in total. The Morgan fingerprint density at radius 1 is 1.38 bits per heavy atom. The first kappa shape index (κ1) is 12.2. The van der Waals surface area contributed by atoms with Gasteiger partial charge in [0.05, 0.1) is 11.1 Å². The summed E-state index contributed by atoms with van der Waals surface area (Å²) in [5.74, 6) is -1.07. The second-order valence-corrected chi connectivity index (χ2v) is 2.76. The van der Waals surface area contributed by atoms with E-state index in [1.165, 1.54) is 6.07 Å². The summed E-state index contributed by atoms with van der Waals surface area (Å²) < 4.78 is 62.2. The van der Waals surface area contributed by atoms with E-state index in [0.29, 0.717) is 6.20 Å². The Morgan fingerprint density at radius 2 is 1.94 bits per heavy atom. The fourth-order valence-electron chi connectivity index (χ4n) is 1.15. The molecule has 16 heavy (non-hydrogen) atoms. The number of rotatable bonds is 1. The third-order valence-corrected chi connectivity index (χ3v) is 1.77. The van der Waals surface area contributed by atoms with Gasteiger partial charge in [0.1, 0.15) is 17.5 Å². The SMILES string of the molecule is N#Cc1cnc(N)c(C(F)(F)F)c1C(F)F. The highest BCUT2D eigenvalue weighted by Gasteiger charge is 2.40. The van der Waals surface area contributed by atoms with Gasteiger partial charge in [-0.25, -0.2) is 13.8 Å². The van der Waals surface area contributed by atoms with Crippen molar-refractivity contribution in [3.05, 3.63) is 22.9 Å². The molecule has 1 aromatic heterocycles. The van der Waals surface area contributed by atoms with E-state index in [-0.39, 0.29) is 0 Å². The second-order valence-electron chi connectivity index (χ2n) is 2.76. The van der Waals surface area contributed by atoms with Crippen LogP contribution in [0.15, 0.2) is 6.20 Å². The van der Waals surface area contributed by atoms with Gasteiger partial charge in [0.2, 0.25) is 0 Å². The van der Waals surface area contributed by atoms with Gasteiger partial charge in [0.15, 0.2) is 0 Å². The van der Waals surface area contributed by atoms with Crippen LogP contribution in [-0.2, 0) is 6.18 Å². The third-order valence-electron chi connectivity index (χ3n) is 1.77. The van der Waals surface area contributed by atoms with E-state index in [2.05, 4.69) is 4.98 Å². The fourth-order valence-corrected chi connectivity index (χ4v) is 1.15. The molecule has 0 radical (unpaired) electrons. The first-order valence-corrected chi connectivity index (χ1v) is 3.82. The van der Waals surface area contributed by atoms with Gasteiger partial charge in [-0.15, -0.1) is 0 Å². The van der Waals surface area contributed by atoms with Crippen LogP contribution in [0.1, 0.15) is 23.1 Å². The molecule has 1 aromatic rings. The summed E-state index contributed by atoms with van der Waals surface area (Å²) in [6.45, 7) is 0. The Kier molecular flexibility index (Phi) is 2.98. The maximum Gasteiger partial charge on any atom is 0.420 e. The lowest BCUT2D eigenvalue weighted by Crippen LogP contribution is -2.15. The fraction of sp³-hybridized carbons (Fsp3) is 0.250. The molecule has 1 rings (SSSR count). The Labute approximate surface area is 86.3 Å². The van der Waals surface area contributed by atoms with Crippen molar-refractivity contribution in [2.24, 2.45) is 0 Å². The van der Waals surface area contributed by atoms with E-state index in [9.17, 15) is 22.0 Å². The van der Waals surface area contributed by atoms with Gasteiger partial charge in [-0.2, -0.15) is 18.4 Å².